The highest BCUT2D eigenvalue weighted by atomic mass is 16.6. The Morgan fingerprint density at radius 2 is 1.96 bits per heavy atom. The maximum Gasteiger partial charge on any atom is 0.278 e. The molecule has 0 bridgehead atoms. The molecule has 0 aliphatic rings. The quantitative estimate of drug-likeness (QED) is 0.331. The second kappa shape index (κ2) is 6.79. The van der Waals surface area contributed by atoms with Gasteiger partial charge in [0.1, 0.15) is 5.52 Å². The SMILES string of the molecule is CCn1c2ccccc2c2nnc(N/N=C/c3ccccc3[N+](=O)[O-])nc21. The molecule has 2 heterocycles. The monoisotopic (exact) mass is 361 g/mol. The highest BCUT2D eigenvalue weighted by Crippen LogP contribution is 2.26. The molecule has 0 spiro atoms. The first-order chi connectivity index (χ1) is 13.2. The molecular formula is C18H15N7O2. The molecule has 4 aromatic rings. The van der Waals surface area contributed by atoms with Crippen molar-refractivity contribution in [3.63, 3.8) is 0 Å². The number of anilines is 1. The molecule has 9 nitrogen and oxygen atoms in total. The van der Waals surface area contributed by atoms with Gasteiger partial charge >= 0.3 is 0 Å². The van der Waals surface area contributed by atoms with Gasteiger partial charge < -0.3 is 4.57 Å². The van der Waals surface area contributed by atoms with E-state index in [-0.39, 0.29) is 11.6 Å². The molecular weight excluding hydrogens is 346 g/mol. The number of hydrazone groups is 1. The molecule has 0 atom stereocenters. The van der Waals surface area contributed by atoms with Crippen LogP contribution in [-0.4, -0.2) is 30.9 Å². The van der Waals surface area contributed by atoms with Gasteiger partial charge in [-0.05, 0) is 19.1 Å². The third kappa shape index (κ3) is 2.95. The van der Waals surface area contributed by atoms with Crippen molar-refractivity contribution in [3.8, 4) is 0 Å². The van der Waals surface area contributed by atoms with Crippen molar-refractivity contribution in [2.24, 2.45) is 5.10 Å². The van der Waals surface area contributed by atoms with E-state index in [4.69, 9.17) is 0 Å². The van der Waals surface area contributed by atoms with Gasteiger partial charge in [0, 0.05) is 18.0 Å². The number of fused-ring (bicyclic) bond motifs is 3. The lowest BCUT2D eigenvalue weighted by Gasteiger charge is -2.02. The fourth-order valence-corrected chi connectivity index (χ4v) is 2.99. The molecule has 0 fully saturated rings. The van der Waals surface area contributed by atoms with Crippen molar-refractivity contribution in [1.29, 1.82) is 0 Å². The minimum atomic E-state index is -0.453. The zero-order valence-corrected chi connectivity index (χ0v) is 14.4. The molecule has 0 saturated carbocycles. The maximum absolute atomic E-state index is 11.0. The van der Waals surface area contributed by atoms with E-state index in [9.17, 15) is 10.1 Å². The average Bonchev–Trinajstić information content (AvgIpc) is 3.01. The molecule has 4 rings (SSSR count). The van der Waals surface area contributed by atoms with Gasteiger partial charge in [0.05, 0.1) is 22.2 Å². The number of nitro groups is 1. The number of hydrogen-bond acceptors (Lipinski definition) is 7. The van der Waals surface area contributed by atoms with E-state index in [1.165, 1.54) is 12.3 Å². The Morgan fingerprint density at radius 3 is 2.78 bits per heavy atom. The van der Waals surface area contributed by atoms with Crippen LogP contribution in [0.3, 0.4) is 0 Å². The second-order valence-electron chi connectivity index (χ2n) is 5.75. The van der Waals surface area contributed by atoms with E-state index in [0.717, 1.165) is 23.0 Å². The molecule has 2 aromatic carbocycles. The molecule has 0 saturated heterocycles. The highest BCUT2D eigenvalue weighted by Gasteiger charge is 2.13. The molecule has 9 heteroatoms. The highest BCUT2D eigenvalue weighted by molar-refractivity contribution is 6.04. The van der Waals surface area contributed by atoms with Crippen LogP contribution in [0.4, 0.5) is 11.6 Å². The van der Waals surface area contributed by atoms with Crippen LogP contribution >= 0.6 is 0 Å². The summed E-state index contributed by atoms with van der Waals surface area (Å²) in [4.78, 5) is 15.1. The summed E-state index contributed by atoms with van der Waals surface area (Å²) in [6.07, 6.45) is 1.36. The molecule has 0 unspecified atom stereocenters. The van der Waals surface area contributed by atoms with Crippen molar-refractivity contribution < 1.29 is 4.92 Å². The van der Waals surface area contributed by atoms with Crippen LogP contribution in [0.5, 0.6) is 0 Å². The normalized spacial score (nSPS) is 11.4. The van der Waals surface area contributed by atoms with Gasteiger partial charge in [-0.25, -0.2) is 5.43 Å². The first-order valence-corrected chi connectivity index (χ1v) is 8.33. The second-order valence-corrected chi connectivity index (χ2v) is 5.75. The number of para-hydroxylation sites is 2. The lowest BCUT2D eigenvalue weighted by Crippen LogP contribution is -2.02. The van der Waals surface area contributed by atoms with E-state index in [0.29, 0.717) is 11.2 Å². The molecule has 27 heavy (non-hydrogen) atoms. The molecule has 134 valence electrons. The Kier molecular flexibility index (Phi) is 4.17. The fourth-order valence-electron chi connectivity index (χ4n) is 2.99. The van der Waals surface area contributed by atoms with Crippen LogP contribution in [0.15, 0.2) is 53.6 Å². The van der Waals surface area contributed by atoms with E-state index < -0.39 is 4.92 Å². The fraction of sp³-hybridized carbons (Fsp3) is 0.111. The third-order valence-electron chi connectivity index (χ3n) is 4.19. The van der Waals surface area contributed by atoms with E-state index >= 15 is 0 Å². The molecule has 0 radical (unpaired) electrons. The molecule has 0 aliphatic heterocycles. The van der Waals surface area contributed by atoms with Crippen LogP contribution in [0.25, 0.3) is 22.1 Å². The van der Waals surface area contributed by atoms with Gasteiger partial charge in [0.15, 0.2) is 5.65 Å². The van der Waals surface area contributed by atoms with E-state index in [1.54, 1.807) is 18.2 Å². The molecule has 0 aliphatic carbocycles. The van der Waals surface area contributed by atoms with Crippen LogP contribution in [0.2, 0.25) is 0 Å². The van der Waals surface area contributed by atoms with Crippen LogP contribution in [0, 0.1) is 10.1 Å². The van der Waals surface area contributed by atoms with Crippen molar-refractivity contribution in [2.45, 2.75) is 13.5 Å². The smallest absolute Gasteiger partial charge is 0.278 e. The first kappa shape index (κ1) is 16.6. The van der Waals surface area contributed by atoms with Crippen LogP contribution < -0.4 is 5.43 Å². The zero-order valence-electron chi connectivity index (χ0n) is 14.4. The number of rotatable bonds is 5. The zero-order chi connectivity index (χ0) is 18.8. The van der Waals surface area contributed by atoms with Gasteiger partial charge in [-0.15, -0.1) is 10.2 Å². The predicted molar refractivity (Wildman–Crippen MR) is 103 cm³/mol. The van der Waals surface area contributed by atoms with Gasteiger partial charge in [0.2, 0.25) is 0 Å². The Morgan fingerprint density at radius 1 is 1.19 bits per heavy atom. The van der Waals surface area contributed by atoms with E-state index in [1.807, 2.05) is 31.2 Å². The lowest BCUT2D eigenvalue weighted by atomic mass is 10.2. The topological polar surface area (TPSA) is 111 Å². The van der Waals surface area contributed by atoms with Gasteiger partial charge in [-0.2, -0.15) is 10.1 Å². The van der Waals surface area contributed by atoms with Crippen LogP contribution in [-0.2, 0) is 6.54 Å². The number of nitrogens with zero attached hydrogens (tertiary/aromatic N) is 6. The maximum atomic E-state index is 11.0. The summed E-state index contributed by atoms with van der Waals surface area (Å²) in [6, 6.07) is 14.3. The summed E-state index contributed by atoms with van der Waals surface area (Å²) < 4.78 is 2.05. The summed E-state index contributed by atoms with van der Waals surface area (Å²) in [7, 11) is 0. The number of aryl methyl sites for hydroxylation is 1. The summed E-state index contributed by atoms with van der Waals surface area (Å²) in [5, 5.41) is 24.4. The summed E-state index contributed by atoms with van der Waals surface area (Å²) in [5.41, 5.74) is 5.52. The van der Waals surface area contributed by atoms with Crippen molar-refractivity contribution >= 4 is 39.9 Å². The number of benzene rings is 2. The van der Waals surface area contributed by atoms with Crippen molar-refractivity contribution in [2.75, 3.05) is 5.43 Å². The first-order valence-electron chi connectivity index (χ1n) is 8.33. The molecule has 0 amide bonds. The summed E-state index contributed by atoms with van der Waals surface area (Å²) in [5.74, 6) is 0.217. The number of nitro benzene ring substituents is 1. The Labute approximate surface area is 153 Å². The Bertz CT molecular complexity index is 1180. The Balaban J connectivity index is 1.67. The van der Waals surface area contributed by atoms with Gasteiger partial charge in [-0.3, -0.25) is 10.1 Å². The Hall–Kier alpha value is -3.88. The standard InChI is InChI=1S/C18H15N7O2/c1-2-24-15-10-6-4-8-13(15)16-17(24)20-18(23-21-16)22-19-11-12-7-3-5-9-14(12)25(26)27/h3-11H,2H2,1H3,(H,20,22,23)/b19-11+. The largest absolute Gasteiger partial charge is 0.324 e. The molecule has 1 N–H and O–H groups in total. The van der Waals surface area contributed by atoms with Crippen LogP contribution in [0.1, 0.15) is 12.5 Å². The summed E-state index contributed by atoms with van der Waals surface area (Å²) >= 11 is 0. The summed E-state index contributed by atoms with van der Waals surface area (Å²) in [6.45, 7) is 2.77. The van der Waals surface area contributed by atoms with Crippen molar-refractivity contribution in [1.82, 2.24) is 19.7 Å². The predicted octanol–water partition coefficient (Wildman–Crippen LogP) is 3.35. The minimum Gasteiger partial charge on any atom is -0.324 e. The number of hydrogen-bond donors (Lipinski definition) is 1. The average molecular weight is 361 g/mol. The lowest BCUT2D eigenvalue weighted by molar-refractivity contribution is -0.385. The van der Waals surface area contributed by atoms with Gasteiger partial charge in [-0.1, -0.05) is 30.3 Å². The van der Waals surface area contributed by atoms with Gasteiger partial charge in [0.25, 0.3) is 11.6 Å². The third-order valence-corrected chi connectivity index (χ3v) is 4.19. The molecule has 2 aromatic heterocycles. The number of nitrogens with one attached hydrogen (secondary N) is 1. The minimum absolute atomic E-state index is 0.0244. The van der Waals surface area contributed by atoms with Crippen molar-refractivity contribution in [3.05, 3.63) is 64.2 Å². The number of aromatic nitrogens is 4. The van der Waals surface area contributed by atoms with E-state index in [2.05, 4.69) is 30.3 Å².